The van der Waals surface area contributed by atoms with Gasteiger partial charge in [-0.05, 0) is 31.5 Å². The lowest BCUT2D eigenvalue weighted by molar-refractivity contribution is -0.384. The molecule has 1 aliphatic rings. The number of nitro benzene ring substituents is 1. The maximum atomic E-state index is 13.1. The standard InChI is InChI=1S/C21H22N6O12S2/c1-21(2,19(31)38-8-10-4-6-11(7-5-10)27(32)33)39-25-13(12-9-40-20(22)23-12)16(28)24-14-15(18(30)37-3)26(17(14)29)41(34,35)36/h4-7,9,14-15H,8H2,1-3H3,(H2,22,23)(H,24,28)(H,34,35,36)/b25-13+. The quantitative estimate of drug-likeness (QED) is 0.0723. The van der Waals surface area contributed by atoms with Gasteiger partial charge in [-0.2, -0.15) is 12.7 Å². The second-order valence-corrected chi connectivity index (χ2v) is 10.8. The van der Waals surface area contributed by atoms with Gasteiger partial charge in [0.2, 0.25) is 5.60 Å². The Bertz CT molecular complexity index is 1520. The topological polar surface area (TPSA) is 260 Å². The van der Waals surface area contributed by atoms with Gasteiger partial charge in [0.1, 0.15) is 18.3 Å². The summed E-state index contributed by atoms with van der Waals surface area (Å²) >= 11 is 0.905. The summed E-state index contributed by atoms with van der Waals surface area (Å²) in [6.45, 7) is 2.24. The van der Waals surface area contributed by atoms with E-state index in [2.05, 4.69) is 20.2 Å². The van der Waals surface area contributed by atoms with Crippen molar-refractivity contribution in [2.75, 3.05) is 12.8 Å². The van der Waals surface area contributed by atoms with Gasteiger partial charge in [-0.3, -0.25) is 24.3 Å². The van der Waals surface area contributed by atoms with Crippen molar-refractivity contribution in [2.45, 2.75) is 38.1 Å². The maximum Gasteiger partial charge on any atom is 0.363 e. The monoisotopic (exact) mass is 614 g/mol. The van der Waals surface area contributed by atoms with Gasteiger partial charge >= 0.3 is 22.2 Å². The number of hydrogen-bond donors (Lipinski definition) is 3. The number of benzene rings is 1. The number of β-lactam (4-membered cyclic amide) rings is 1. The lowest BCUT2D eigenvalue weighted by atomic mass is 9.98. The van der Waals surface area contributed by atoms with Crippen LogP contribution in [0.1, 0.15) is 25.1 Å². The third-order valence-electron chi connectivity index (χ3n) is 5.38. The predicted octanol–water partition coefficient (Wildman–Crippen LogP) is -0.452. The smallest absolute Gasteiger partial charge is 0.363 e. The normalized spacial score (nSPS) is 17.3. The Labute approximate surface area is 235 Å². The van der Waals surface area contributed by atoms with E-state index in [1.54, 1.807) is 0 Å². The number of non-ortho nitro benzene ring substituents is 1. The Morgan fingerprint density at radius 3 is 2.44 bits per heavy atom. The van der Waals surface area contributed by atoms with Crippen LogP contribution in [0.5, 0.6) is 0 Å². The minimum atomic E-state index is -5.16. The third kappa shape index (κ3) is 6.91. The van der Waals surface area contributed by atoms with E-state index in [1.807, 2.05) is 0 Å². The first-order valence-electron chi connectivity index (χ1n) is 11.1. The fourth-order valence-electron chi connectivity index (χ4n) is 3.26. The Morgan fingerprint density at radius 2 is 1.93 bits per heavy atom. The summed E-state index contributed by atoms with van der Waals surface area (Å²) in [4.78, 5) is 69.5. The number of amides is 2. The molecular weight excluding hydrogens is 592 g/mol. The Hall–Kier alpha value is -4.69. The molecule has 0 aliphatic carbocycles. The van der Waals surface area contributed by atoms with Gasteiger partial charge in [-0.25, -0.2) is 14.6 Å². The van der Waals surface area contributed by atoms with Crippen molar-refractivity contribution in [1.82, 2.24) is 14.6 Å². The minimum Gasteiger partial charge on any atom is -0.467 e. The number of hydrogen-bond acceptors (Lipinski definition) is 15. The molecule has 20 heteroatoms. The number of anilines is 1. The number of rotatable bonds is 11. The summed E-state index contributed by atoms with van der Waals surface area (Å²) in [7, 11) is -4.26. The summed E-state index contributed by atoms with van der Waals surface area (Å²) < 4.78 is 41.7. The number of nitrogens with two attached hydrogens (primary N) is 1. The summed E-state index contributed by atoms with van der Waals surface area (Å²) in [5, 5.41) is 17.9. The number of carbonyl (C=O) groups excluding carboxylic acids is 4. The molecule has 220 valence electrons. The number of carbonyl (C=O) groups is 4. The van der Waals surface area contributed by atoms with Crippen molar-refractivity contribution < 1.29 is 51.4 Å². The molecule has 1 aliphatic heterocycles. The van der Waals surface area contributed by atoms with Crippen molar-refractivity contribution in [3.05, 3.63) is 51.0 Å². The molecule has 0 bridgehead atoms. The number of ether oxygens (including phenoxy) is 2. The highest BCUT2D eigenvalue weighted by molar-refractivity contribution is 7.84. The summed E-state index contributed by atoms with van der Waals surface area (Å²) in [6, 6.07) is 1.54. The molecule has 41 heavy (non-hydrogen) atoms. The zero-order valence-corrected chi connectivity index (χ0v) is 23.0. The van der Waals surface area contributed by atoms with Crippen LogP contribution in [0, 0.1) is 10.1 Å². The molecule has 2 atom stereocenters. The zero-order valence-electron chi connectivity index (χ0n) is 21.4. The van der Waals surface area contributed by atoms with Crippen molar-refractivity contribution in [2.24, 2.45) is 5.16 Å². The zero-order chi connectivity index (χ0) is 30.7. The lowest BCUT2D eigenvalue weighted by Gasteiger charge is -2.41. The van der Waals surface area contributed by atoms with E-state index in [9.17, 15) is 42.3 Å². The number of thiazole rings is 1. The molecule has 2 amide bonds. The number of nitro groups is 1. The van der Waals surface area contributed by atoms with Gasteiger partial charge in [0.15, 0.2) is 16.9 Å². The summed E-state index contributed by atoms with van der Waals surface area (Å²) in [5.41, 5.74) is 3.32. The molecule has 1 fully saturated rings. The van der Waals surface area contributed by atoms with Crippen LogP contribution >= 0.6 is 11.3 Å². The molecule has 1 aromatic carbocycles. The van der Waals surface area contributed by atoms with Crippen molar-refractivity contribution >= 4 is 61.9 Å². The number of aromatic nitrogens is 1. The van der Waals surface area contributed by atoms with Crippen LogP contribution in [0.3, 0.4) is 0 Å². The van der Waals surface area contributed by atoms with Gasteiger partial charge in [0.25, 0.3) is 17.5 Å². The number of nitrogens with one attached hydrogen (secondary N) is 1. The first-order chi connectivity index (χ1) is 19.1. The fourth-order valence-corrected chi connectivity index (χ4v) is 4.64. The fraction of sp³-hybridized carbons (Fsp3) is 0.333. The highest BCUT2D eigenvalue weighted by atomic mass is 32.2. The molecule has 4 N–H and O–H groups in total. The Morgan fingerprint density at radius 1 is 1.29 bits per heavy atom. The minimum absolute atomic E-state index is 0.00646. The van der Waals surface area contributed by atoms with E-state index in [4.69, 9.17) is 15.3 Å². The van der Waals surface area contributed by atoms with E-state index in [-0.39, 0.29) is 27.4 Å². The predicted molar refractivity (Wildman–Crippen MR) is 137 cm³/mol. The van der Waals surface area contributed by atoms with Gasteiger partial charge < -0.3 is 25.4 Å². The van der Waals surface area contributed by atoms with Crippen LogP contribution in [0.2, 0.25) is 0 Å². The molecule has 2 heterocycles. The van der Waals surface area contributed by atoms with Crippen molar-refractivity contribution in [1.29, 1.82) is 0 Å². The highest BCUT2D eigenvalue weighted by Gasteiger charge is 2.58. The first-order valence-corrected chi connectivity index (χ1v) is 13.4. The first kappa shape index (κ1) is 30.8. The molecule has 1 saturated heterocycles. The molecule has 0 radical (unpaired) electrons. The number of nitrogens with zero attached hydrogens (tertiary/aromatic N) is 4. The van der Waals surface area contributed by atoms with Crippen LogP contribution in [0.25, 0.3) is 0 Å². The van der Waals surface area contributed by atoms with Gasteiger partial charge in [0.05, 0.1) is 12.0 Å². The molecule has 2 aromatic rings. The number of methoxy groups -OCH3 is 1. The largest absolute Gasteiger partial charge is 0.467 e. The second-order valence-electron chi connectivity index (χ2n) is 8.64. The molecule has 1 aromatic heterocycles. The summed E-state index contributed by atoms with van der Waals surface area (Å²) in [5.74, 6) is -4.73. The maximum absolute atomic E-state index is 13.1. The van der Waals surface area contributed by atoms with Gasteiger partial charge in [0, 0.05) is 17.5 Å². The van der Waals surface area contributed by atoms with Gasteiger partial charge in [-0.1, -0.05) is 5.16 Å². The average molecular weight is 615 g/mol. The molecule has 18 nitrogen and oxygen atoms in total. The average Bonchev–Trinajstić information content (AvgIpc) is 3.33. The van der Waals surface area contributed by atoms with Gasteiger partial charge in [-0.15, -0.1) is 11.3 Å². The van der Waals surface area contributed by atoms with Crippen LogP contribution in [-0.4, -0.2) is 81.4 Å². The van der Waals surface area contributed by atoms with E-state index in [0.717, 1.165) is 18.4 Å². The van der Waals surface area contributed by atoms with E-state index in [0.29, 0.717) is 5.56 Å². The molecule has 2 unspecified atom stereocenters. The molecule has 0 saturated carbocycles. The Kier molecular flexibility index (Phi) is 8.89. The van der Waals surface area contributed by atoms with Crippen LogP contribution in [-0.2, 0) is 50.4 Å². The van der Waals surface area contributed by atoms with Crippen molar-refractivity contribution in [3.8, 4) is 0 Å². The lowest BCUT2D eigenvalue weighted by Crippen LogP contribution is -2.74. The molecule has 0 spiro atoms. The summed E-state index contributed by atoms with van der Waals surface area (Å²) in [6.07, 6.45) is 0. The van der Waals surface area contributed by atoms with Crippen LogP contribution in [0.4, 0.5) is 10.8 Å². The SMILES string of the molecule is COC(=O)C1C(NC(=O)/C(=N/OC(C)(C)C(=O)OCc2ccc([N+](=O)[O-])cc2)c2csc(N)n2)C(=O)N1S(=O)(=O)O. The number of esters is 2. The third-order valence-corrected chi connectivity index (χ3v) is 6.96. The van der Waals surface area contributed by atoms with Crippen molar-refractivity contribution in [3.63, 3.8) is 0 Å². The molecular formula is C21H22N6O12S2. The van der Waals surface area contributed by atoms with Crippen LogP contribution < -0.4 is 11.1 Å². The van der Waals surface area contributed by atoms with E-state index in [1.165, 1.54) is 43.5 Å². The second kappa shape index (κ2) is 11.8. The highest BCUT2D eigenvalue weighted by Crippen LogP contribution is 2.25. The van der Waals surface area contributed by atoms with Crippen LogP contribution in [0.15, 0.2) is 34.8 Å². The van der Waals surface area contributed by atoms with E-state index < -0.39 is 62.4 Å². The van der Waals surface area contributed by atoms with E-state index >= 15 is 0 Å². The number of nitrogen functional groups attached to an aromatic ring is 1. The number of oxime groups is 1. The Balaban J connectivity index is 1.78. The molecule has 3 rings (SSSR count).